The monoisotopic (exact) mass is 330 g/mol. The third kappa shape index (κ3) is 8.40. The molecule has 0 aliphatic heterocycles. The van der Waals surface area contributed by atoms with Crippen molar-refractivity contribution in [3.8, 4) is 0 Å². The van der Waals surface area contributed by atoms with Gasteiger partial charge in [0.2, 0.25) is 0 Å². The normalized spacial score (nSPS) is 10.1. The number of hydrogen-bond donors (Lipinski definition) is 1. The fourth-order valence-corrected chi connectivity index (χ4v) is 2.65. The van der Waals surface area contributed by atoms with Crippen LogP contribution in [0.4, 0.5) is 0 Å². The second-order valence-corrected chi connectivity index (χ2v) is 5.85. The van der Waals surface area contributed by atoms with Gasteiger partial charge in [0.05, 0.1) is 0 Å². The second-order valence-electron chi connectivity index (χ2n) is 4.16. The van der Waals surface area contributed by atoms with Crippen LogP contribution in [0.5, 0.6) is 0 Å². The molecule has 1 aromatic carbocycles. The molecular weight excluding hydrogens is 311 g/mol. The Morgan fingerprint density at radius 2 is 1.63 bits per heavy atom. The van der Waals surface area contributed by atoms with E-state index in [1.54, 1.807) is 0 Å². The molecule has 19 heavy (non-hydrogen) atoms. The summed E-state index contributed by atoms with van der Waals surface area (Å²) < 4.78 is 6.25. The summed E-state index contributed by atoms with van der Waals surface area (Å²) in [6, 6.07) is 9.66. The van der Waals surface area contributed by atoms with Crippen LogP contribution < -0.4 is 4.46 Å². The van der Waals surface area contributed by atoms with Gasteiger partial charge in [-0.15, -0.1) is 0 Å². The van der Waals surface area contributed by atoms with Gasteiger partial charge in [-0.1, -0.05) is 0 Å². The van der Waals surface area contributed by atoms with Crippen LogP contribution in [0.15, 0.2) is 30.3 Å². The summed E-state index contributed by atoms with van der Waals surface area (Å²) in [4.78, 5) is 21.7. The average molecular weight is 329 g/mol. The first-order valence-corrected chi connectivity index (χ1v) is 7.88. The van der Waals surface area contributed by atoms with Crippen molar-refractivity contribution in [2.24, 2.45) is 0 Å². The molecule has 0 atom stereocenters. The molecule has 0 amide bonds. The van der Waals surface area contributed by atoms with Gasteiger partial charge in [-0.25, -0.2) is 0 Å². The van der Waals surface area contributed by atoms with Crippen LogP contribution in [0.3, 0.4) is 0 Å². The van der Waals surface area contributed by atoms with E-state index >= 15 is 0 Å². The maximum absolute atomic E-state index is 11.5. The van der Waals surface area contributed by atoms with Gasteiger partial charge in [0.25, 0.3) is 0 Å². The summed E-state index contributed by atoms with van der Waals surface area (Å²) in [6.45, 7) is 0. The van der Waals surface area contributed by atoms with Gasteiger partial charge in [0, 0.05) is 0 Å². The number of benzene rings is 1. The Balaban J connectivity index is 2.01. The van der Waals surface area contributed by atoms with Crippen LogP contribution in [-0.2, 0) is 13.4 Å². The summed E-state index contributed by atoms with van der Waals surface area (Å²) in [5.41, 5.74) is 0. The van der Waals surface area contributed by atoms with E-state index in [4.69, 9.17) is 8.93 Å². The first-order valence-electron chi connectivity index (χ1n) is 6.32. The van der Waals surface area contributed by atoms with Crippen LogP contribution >= 0.6 is 0 Å². The van der Waals surface area contributed by atoms with Gasteiger partial charge in [0.1, 0.15) is 0 Å². The molecule has 0 spiro atoms. The molecule has 0 saturated heterocycles. The Hall–Kier alpha value is -1.32. The quantitative estimate of drug-likeness (QED) is 0.555. The minimum atomic E-state index is -0.759. The van der Waals surface area contributed by atoms with E-state index in [1.807, 2.05) is 30.3 Å². The molecule has 1 aromatic rings. The molecular formula is C14H18O4Se. The van der Waals surface area contributed by atoms with Crippen molar-refractivity contribution >= 4 is 31.7 Å². The number of carbonyl (C=O) groups is 2. The Kier molecular flexibility index (Phi) is 7.94. The molecule has 5 heteroatoms. The number of carbonyl (C=O) groups excluding carboxylic acids is 1. The van der Waals surface area contributed by atoms with E-state index in [-0.39, 0.29) is 27.7 Å². The van der Waals surface area contributed by atoms with Crippen molar-refractivity contribution < 1.29 is 18.5 Å². The number of aliphatic carboxylic acids is 1. The predicted octanol–water partition coefficient (Wildman–Crippen LogP) is 1.90. The van der Waals surface area contributed by atoms with Crippen molar-refractivity contribution in [1.82, 2.24) is 0 Å². The summed E-state index contributed by atoms with van der Waals surface area (Å²) in [6.07, 6.45) is 3.80. The topological polar surface area (TPSA) is 63.6 Å². The van der Waals surface area contributed by atoms with E-state index in [0.717, 1.165) is 23.7 Å². The Bertz CT molecular complexity index is 392. The van der Waals surface area contributed by atoms with Crippen LogP contribution in [0.2, 0.25) is 0 Å². The summed E-state index contributed by atoms with van der Waals surface area (Å²) in [5.74, 6) is -0.924. The summed E-state index contributed by atoms with van der Waals surface area (Å²) in [7, 11) is 0. The Morgan fingerprint density at radius 1 is 1.00 bits per heavy atom. The van der Waals surface area contributed by atoms with Gasteiger partial charge in [0.15, 0.2) is 0 Å². The summed E-state index contributed by atoms with van der Waals surface area (Å²) >= 11 is -0.248. The zero-order valence-electron chi connectivity index (χ0n) is 10.7. The molecule has 0 heterocycles. The zero-order chi connectivity index (χ0) is 13.9. The van der Waals surface area contributed by atoms with E-state index in [1.165, 1.54) is 0 Å². The standard InChI is InChI=1S/C14H18O4Se/c15-13(16)10-6-1-2-7-11-14(17)18-19-12-8-4-3-5-9-12/h3-5,8-9H,1-2,6-7,10-11H2,(H,15,16). The SMILES string of the molecule is O=C(O)CCCCCCC(=O)O[Se]c1ccccc1. The number of carboxylic acid groups (broad SMARTS) is 1. The molecule has 0 fully saturated rings. The third-order valence-electron chi connectivity index (χ3n) is 2.50. The van der Waals surface area contributed by atoms with Gasteiger partial charge < -0.3 is 0 Å². The average Bonchev–Trinajstić information content (AvgIpc) is 2.41. The minimum absolute atomic E-state index is 0.165. The molecule has 0 unspecified atom stereocenters. The van der Waals surface area contributed by atoms with Gasteiger partial charge >= 0.3 is 119 Å². The molecule has 0 aliphatic carbocycles. The van der Waals surface area contributed by atoms with Crippen molar-refractivity contribution in [2.45, 2.75) is 38.5 Å². The fraction of sp³-hybridized carbons (Fsp3) is 0.429. The van der Waals surface area contributed by atoms with E-state index < -0.39 is 5.97 Å². The molecule has 4 nitrogen and oxygen atoms in total. The molecule has 0 aromatic heterocycles. The first kappa shape index (κ1) is 15.7. The third-order valence-corrected chi connectivity index (χ3v) is 4.04. The molecule has 0 saturated carbocycles. The Morgan fingerprint density at radius 3 is 2.26 bits per heavy atom. The van der Waals surface area contributed by atoms with Crippen LogP contribution in [0.1, 0.15) is 38.5 Å². The summed E-state index contributed by atoms with van der Waals surface area (Å²) in [5, 5.41) is 8.46. The number of unbranched alkanes of at least 4 members (excludes halogenated alkanes) is 3. The van der Waals surface area contributed by atoms with E-state index in [2.05, 4.69) is 0 Å². The molecule has 1 N–H and O–H groups in total. The maximum atomic E-state index is 11.5. The van der Waals surface area contributed by atoms with Gasteiger partial charge in [-0.3, -0.25) is 0 Å². The van der Waals surface area contributed by atoms with Crippen LogP contribution in [0.25, 0.3) is 0 Å². The Labute approximate surface area is 119 Å². The van der Waals surface area contributed by atoms with E-state index in [0.29, 0.717) is 12.8 Å². The van der Waals surface area contributed by atoms with Crippen molar-refractivity contribution in [3.63, 3.8) is 0 Å². The van der Waals surface area contributed by atoms with E-state index in [9.17, 15) is 9.59 Å². The van der Waals surface area contributed by atoms with Crippen LogP contribution in [-0.4, -0.2) is 32.3 Å². The molecule has 0 bridgehead atoms. The van der Waals surface area contributed by atoms with Gasteiger partial charge in [-0.05, 0) is 0 Å². The predicted molar refractivity (Wildman–Crippen MR) is 73.3 cm³/mol. The molecule has 0 aliphatic rings. The molecule has 1 rings (SSSR count). The zero-order valence-corrected chi connectivity index (χ0v) is 12.4. The van der Waals surface area contributed by atoms with Crippen LogP contribution in [0, 0.1) is 0 Å². The fourth-order valence-electron chi connectivity index (χ4n) is 1.51. The molecule has 104 valence electrons. The number of hydrogen-bond acceptors (Lipinski definition) is 3. The van der Waals surface area contributed by atoms with Crippen molar-refractivity contribution in [1.29, 1.82) is 0 Å². The number of rotatable bonds is 9. The number of carboxylic acids is 1. The van der Waals surface area contributed by atoms with Gasteiger partial charge in [-0.2, -0.15) is 0 Å². The second kappa shape index (κ2) is 9.59. The molecule has 0 radical (unpaired) electrons. The van der Waals surface area contributed by atoms with Crippen molar-refractivity contribution in [2.75, 3.05) is 0 Å². The first-order chi connectivity index (χ1) is 9.18. The van der Waals surface area contributed by atoms with Crippen molar-refractivity contribution in [3.05, 3.63) is 30.3 Å².